The number of hydrogen-bond acceptors (Lipinski definition) is 5. The Balaban J connectivity index is 2.31. The predicted octanol–water partition coefficient (Wildman–Crippen LogP) is 2.50. The van der Waals surface area contributed by atoms with Crippen LogP contribution in [0.3, 0.4) is 0 Å². The van der Waals surface area contributed by atoms with Crippen molar-refractivity contribution in [1.82, 2.24) is 0 Å². The molecule has 0 radical (unpaired) electrons. The van der Waals surface area contributed by atoms with E-state index >= 15 is 0 Å². The van der Waals surface area contributed by atoms with Crippen LogP contribution in [0.1, 0.15) is 6.92 Å². The minimum Gasteiger partial charge on any atom is -0.497 e. The first-order valence-corrected chi connectivity index (χ1v) is 9.70. The lowest BCUT2D eigenvalue weighted by Crippen LogP contribution is -2.45. The molecule has 0 aliphatic rings. The molecule has 0 bridgehead atoms. The number of sulfonamides is 1. The normalized spacial score (nSPS) is 12.2. The maximum Gasteiger partial charge on any atom is 0.248 e. The van der Waals surface area contributed by atoms with Gasteiger partial charge in [-0.05, 0) is 43.3 Å². The van der Waals surface area contributed by atoms with E-state index in [1.165, 1.54) is 21.1 Å². The zero-order valence-electron chi connectivity index (χ0n) is 15.1. The number of nitrogens with one attached hydrogen (secondary N) is 1. The summed E-state index contributed by atoms with van der Waals surface area (Å²) >= 11 is 0. The van der Waals surface area contributed by atoms with Crippen LogP contribution in [0.5, 0.6) is 11.5 Å². The van der Waals surface area contributed by atoms with E-state index in [0.717, 1.165) is 10.6 Å². The third-order valence-electron chi connectivity index (χ3n) is 3.78. The number of anilines is 2. The zero-order chi connectivity index (χ0) is 19.3. The summed E-state index contributed by atoms with van der Waals surface area (Å²) in [6.45, 7) is 1.52. The quantitative estimate of drug-likeness (QED) is 0.800. The second kappa shape index (κ2) is 8.09. The fraction of sp³-hybridized carbons (Fsp3) is 0.278. The molecule has 7 nitrogen and oxygen atoms in total. The van der Waals surface area contributed by atoms with E-state index in [9.17, 15) is 13.2 Å². The number of carbonyl (C=O) groups is 1. The molecule has 1 amide bonds. The first-order chi connectivity index (χ1) is 12.3. The van der Waals surface area contributed by atoms with Crippen molar-refractivity contribution in [3.63, 3.8) is 0 Å². The van der Waals surface area contributed by atoms with Crippen LogP contribution in [0.4, 0.5) is 11.4 Å². The fourth-order valence-corrected chi connectivity index (χ4v) is 3.70. The molecule has 0 aliphatic heterocycles. The van der Waals surface area contributed by atoms with Gasteiger partial charge in [0.25, 0.3) is 0 Å². The van der Waals surface area contributed by atoms with Crippen LogP contribution >= 0.6 is 0 Å². The van der Waals surface area contributed by atoms with Gasteiger partial charge in [0.05, 0.1) is 31.9 Å². The van der Waals surface area contributed by atoms with E-state index in [4.69, 9.17) is 9.47 Å². The summed E-state index contributed by atoms with van der Waals surface area (Å²) in [4.78, 5) is 12.7. The largest absolute Gasteiger partial charge is 0.497 e. The molecule has 0 saturated carbocycles. The molecule has 26 heavy (non-hydrogen) atoms. The number of rotatable bonds is 7. The minimum absolute atomic E-state index is 0.371. The molecule has 140 valence electrons. The third-order valence-corrected chi connectivity index (χ3v) is 5.02. The highest BCUT2D eigenvalue weighted by molar-refractivity contribution is 7.92. The Morgan fingerprint density at radius 2 is 1.65 bits per heavy atom. The van der Waals surface area contributed by atoms with Crippen molar-refractivity contribution in [2.75, 3.05) is 30.1 Å². The minimum atomic E-state index is -3.69. The van der Waals surface area contributed by atoms with Crippen LogP contribution in [0.2, 0.25) is 0 Å². The van der Waals surface area contributed by atoms with E-state index < -0.39 is 22.0 Å². The lowest BCUT2D eigenvalue weighted by Gasteiger charge is -2.28. The molecule has 2 aromatic carbocycles. The second-order valence-electron chi connectivity index (χ2n) is 5.62. The highest BCUT2D eigenvalue weighted by Gasteiger charge is 2.29. The number of ether oxygens (including phenoxy) is 2. The Morgan fingerprint density at radius 1 is 1.04 bits per heavy atom. The van der Waals surface area contributed by atoms with E-state index in [0.29, 0.717) is 22.9 Å². The molecule has 1 atom stereocenters. The number of methoxy groups -OCH3 is 2. The first-order valence-electron chi connectivity index (χ1n) is 7.85. The van der Waals surface area contributed by atoms with Crippen LogP contribution in [0.25, 0.3) is 0 Å². The average molecular weight is 378 g/mol. The summed E-state index contributed by atoms with van der Waals surface area (Å²) in [5.41, 5.74) is 0.839. The highest BCUT2D eigenvalue weighted by Crippen LogP contribution is 2.26. The topological polar surface area (TPSA) is 84.9 Å². The zero-order valence-corrected chi connectivity index (χ0v) is 15.9. The van der Waals surface area contributed by atoms with Crippen LogP contribution in [-0.4, -0.2) is 40.8 Å². The molecular weight excluding hydrogens is 356 g/mol. The van der Waals surface area contributed by atoms with Gasteiger partial charge >= 0.3 is 0 Å². The summed E-state index contributed by atoms with van der Waals surface area (Å²) < 4.78 is 36.0. The van der Waals surface area contributed by atoms with Crippen molar-refractivity contribution >= 4 is 27.3 Å². The molecule has 0 aromatic heterocycles. The molecular formula is C18H22N2O5S. The lowest BCUT2D eigenvalue weighted by molar-refractivity contribution is -0.116. The van der Waals surface area contributed by atoms with Crippen molar-refractivity contribution in [3.8, 4) is 11.5 Å². The summed E-state index contributed by atoms with van der Waals surface area (Å²) in [7, 11) is -0.674. The van der Waals surface area contributed by atoms with Crippen molar-refractivity contribution < 1.29 is 22.7 Å². The van der Waals surface area contributed by atoms with Gasteiger partial charge in [-0.25, -0.2) is 8.42 Å². The molecule has 8 heteroatoms. The smallest absolute Gasteiger partial charge is 0.248 e. The van der Waals surface area contributed by atoms with Crippen LogP contribution in [-0.2, 0) is 14.8 Å². The lowest BCUT2D eigenvalue weighted by atomic mass is 10.2. The second-order valence-corrected chi connectivity index (χ2v) is 7.48. The molecule has 0 heterocycles. The van der Waals surface area contributed by atoms with E-state index in [1.807, 2.05) is 0 Å². The SMILES string of the molecule is COc1ccc(N([C@@H](C)C(=O)Nc2ccccc2OC)S(C)(=O)=O)cc1. The molecule has 0 aliphatic carbocycles. The van der Waals surface area contributed by atoms with Gasteiger partial charge in [0, 0.05) is 0 Å². The molecule has 1 N–H and O–H groups in total. The van der Waals surface area contributed by atoms with E-state index in [-0.39, 0.29) is 0 Å². The van der Waals surface area contributed by atoms with Gasteiger partial charge in [-0.3, -0.25) is 9.10 Å². The summed E-state index contributed by atoms with van der Waals surface area (Å²) in [6.07, 6.45) is 1.06. The number of para-hydroxylation sites is 2. The number of amides is 1. The fourth-order valence-electron chi connectivity index (χ4n) is 2.52. The maximum atomic E-state index is 12.7. The Bertz CT molecular complexity index is 865. The number of carbonyl (C=O) groups excluding carboxylic acids is 1. The van der Waals surface area contributed by atoms with E-state index in [2.05, 4.69) is 5.32 Å². The Hall–Kier alpha value is -2.74. The Kier molecular flexibility index (Phi) is 6.10. The Labute approximate surface area is 153 Å². The number of nitrogens with zero attached hydrogens (tertiary/aromatic N) is 1. The summed E-state index contributed by atoms with van der Waals surface area (Å²) in [5.74, 6) is 0.604. The monoisotopic (exact) mass is 378 g/mol. The molecule has 0 spiro atoms. The molecule has 0 saturated heterocycles. The molecule has 2 aromatic rings. The standard InChI is InChI=1S/C18H22N2O5S/c1-13(18(21)19-16-7-5-6-8-17(16)25-3)20(26(4,22)23)14-9-11-15(24-2)12-10-14/h5-13H,1-4H3,(H,19,21)/t13-/m0/s1. The third kappa shape index (κ3) is 4.45. The number of hydrogen-bond donors (Lipinski definition) is 1. The van der Waals surface area contributed by atoms with E-state index in [1.54, 1.807) is 48.5 Å². The maximum absolute atomic E-state index is 12.7. The molecule has 0 fully saturated rings. The molecule has 2 rings (SSSR count). The van der Waals surface area contributed by atoms with Crippen molar-refractivity contribution in [2.45, 2.75) is 13.0 Å². The summed E-state index contributed by atoms with van der Waals surface area (Å²) in [6, 6.07) is 12.4. The van der Waals surface area contributed by atoms with Crippen molar-refractivity contribution in [3.05, 3.63) is 48.5 Å². The van der Waals surface area contributed by atoms with Crippen molar-refractivity contribution in [2.24, 2.45) is 0 Å². The Morgan fingerprint density at radius 3 is 2.19 bits per heavy atom. The number of benzene rings is 2. The van der Waals surface area contributed by atoms with Crippen LogP contribution in [0.15, 0.2) is 48.5 Å². The molecule has 0 unspecified atom stereocenters. The average Bonchev–Trinajstić information content (AvgIpc) is 2.61. The van der Waals surface area contributed by atoms with Gasteiger partial charge in [-0.2, -0.15) is 0 Å². The summed E-state index contributed by atoms with van der Waals surface area (Å²) in [5, 5.41) is 2.71. The van der Waals surface area contributed by atoms with Gasteiger partial charge in [0.15, 0.2) is 0 Å². The van der Waals surface area contributed by atoms with Crippen LogP contribution in [0, 0.1) is 0 Å². The van der Waals surface area contributed by atoms with Crippen LogP contribution < -0.4 is 19.1 Å². The first kappa shape index (κ1) is 19.6. The van der Waals surface area contributed by atoms with Gasteiger partial charge in [-0.15, -0.1) is 0 Å². The van der Waals surface area contributed by atoms with Gasteiger partial charge in [0.2, 0.25) is 15.9 Å². The van der Waals surface area contributed by atoms with Gasteiger partial charge < -0.3 is 14.8 Å². The predicted molar refractivity (Wildman–Crippen MR) is 101 cm³/mol. The van der Waals surface area contributed by atoms with Gasteiger partial charge in [0.1, 0.15) is 17.5 Å². The highest BCUT2D eigenvalue weighted by atomic mass is 32.2. The van der Waals surface area contributed by atoms with Gasteiger partial charge in [-0.1, -0.05) is 12.1 Å². The van der Waals surface area contributed by atoms with Crippen molar-refractivity contribution in [1.29, 1.82) is 0 Å².